The Morgan fingerprint density at radius 3 is 3.09 bits per heavy atom. The molecule has 0 bridgehead atoms. The third-order valence-electron chi connectivity index (χ3n) is 3.68. The van der Waals surface area contributed by atoms with Gasteiger partial charge >= 0.3 is 0 Å². The van der Waals surface area contributed by atoms with Gasteiger partial charge in [0.15, 0.2) is 0 Å². The number of hydrogen-bond acceptors (Lipinski definition) is 4. The third-order valence-corrected chi connectivity index (χ3v) is 3.68. The Morgan fingerprint density at radius 1 is 1.43 bits per heavy atom. The summed E-state index contributed by atoms with van der Waals surface area (Å²) in [6.45, 7) is 3.67. The Kier molecular flexibility index (Phi) is 4.38. The average molecular weight is 313 g/mol. The van der Waals surface area contributed by atoms with Crippen LogP contribution in [0.3, 0.4) is 0 Å². The normalized spacial score (nSPS) is 11.0. The molecule has 1 amide bonds. The molecule has 3 rings (SSSR count). The molecule has 0 atom stereocenters. The van der Waals surface area contributed by atoms with E-state index in [4.69, 9.17) is 4.74 Å². The molecule has 0 aliphatic carbocycles. The van der Waals surface area contributed by atoms with Gasteiger partial charge in [-0.2, -0.15) is 0 Å². The number of amides is 1. The van der Waals surface area contributed by atoms with Crippen LogP contribution in [-0.2, 0) is 17.8 Å². The average Bonchev–Trinajstić information content (AvgIpc) is 3.18. The number of pyridine rings is 1. The summed E-state index contributed by atoms with van der Waals surface area (Å²) in [6, 6.07) is 3.90. The van der Waals surface area contributed by atoms with Gasteiger partial charge in [-0.25, -0.2) is 9.97 Å². The van der Waals surface area contributed by atoms with Crippen LogP contribution in [0, 0.1) is 6.92 Å². The van der Waals surface area contributed by atoms with Crippen molar-refractivity contribution in [3.05, 3.63) is 54.0 Å². The Bertz CT molecular complexity index is 821. The van der Waals surface area contributed by atoms with E-state index < -0.39 is 0 Å². The van der Waals surface area contributed by atoms with Crippen LogP contribution >= 0.6 is 0 Å². The minimum atomic E-state index is -0.201. The molecule has 1 N–H and O–H groups in total. The van der Waals surface area contributed by atoms with Crippen molar-refractivity contribution in [2.75, 3.05) is 13.7 Å². The molecule has 0 aliphatic heterocycles. The van der Waals surface area contributed by atoms with Crippen LogP contribution in [0.1, 0.15) is 21.7 Å². The predicted molar refractivity (Wildman–Crippen MR) is 85.2 cm³/mol. The molecule has 3 heterocycles. The van der Waals surface area contributed by atoms with Gasteiger partial charge in [-0.05, 0) is 18.6 Å². The van der Waals surface area contributed by atoms with Gasteiger partial charge in [0, 0.05) is 32.2 Å². The number of aryl methyl sites for hydroxylation is 1. The number of nitrogens with zero attached hydrogens (tertiary/aromatic N) is 4. The number of aromatic nitrogens is 4. The molecule has 3 aromatic heterocycles. The summed E-state index contributed by atoms with van der Waals surface area (Å²) >= 11 is 0. The first-order valence-corrected chi connectivity index (χ1v) is 7.39. The highest BCUT2D eigenvalue weighted by Gasteiger charge is 2.12. The van der Waals surface area contributed by atoms with Crippen molar-refractivity contribution in [1.82, 2.24) is 24.3 Å². The lowest BCUT2D eigenvalue weighted by molar-refractivity contribution is 0.0945. The molecule has 0 aliphatic rings. The van der Waals surface area contributed by atoms with E-state index in [1.807, 2.05) is 34.2 Å². The van der Waals surface area contributed by atoms with Crippen LogP contribution in [0.15, 0.2) is 37.1 Å². The van der Waals surface area contributed by atoms with Crippen LogP contribution in [0.2, 0.25) is 0 Å². The van der Waals surface area contributed by atoms with Crippen molar-refractivity contribution in [3.63, 3.8) is 0 Å². The van der Waals surface area contributed by atoms with Gasteiger partial charge in [-0.1, -0.05) is 6.07 Å². The Balaban J connectivity index is 1.69. The number of rotatable bonds is 6. The first-order chi connectivity index (χ1) is 11.2. The molecule has 0 saturated carbocycles. The fraction of sp³-hybridized carbons (Fsp3) is 0.312. The summed E-state index contributed by atoms with van der Waals surface area (Å²) in [5.74, 6) is -0.201. The number of carbonyl (C=O) groups is 1. The zero-order valence-corrected chi connectivity index (χ0v) is 13.2. The van der Waals surface area contributed by atoms with Gasteiger partial charge in [-0.15, -0.1) is 0 Å². The molecule has 0 radical (unpaired) electrons. The van der Waals surface area contributed by atoms with Crippen LogP contribution in [0.5, 0.6) is 0 Å². The van der Waals surface area contributed by atoms with E-state index in [-0.39, 0.29) is 5.91 Å². The van der Waals surface area contributed by atoms with Gasteiger partial charge in [-0.3, -0.25) is 4.79 Å². The smallest absolute Gasteiger partial charge is 0.271 e. The summed E-state index contributed by atoms with van der Waals surface area (Å²) < 4.78 is 8.87. The Labute approximate surface area is 133 Å². The van der Waals surface area contributed by atoms with Gasteiger partial charge in [0.25, 0.3) is 5.91 Å². The zero-order chi connectivity index (χ0) is 16.2. The summed E-state index contributed by atoms with van der Waals surface area (Å²) in [5, 5.41) is 2.88. The van der Waals surface area contributed by atoms with E-state index in [1.165, 1.54) is 0 Å². The quantitative estimate of drug-likeness (QED) is 0.747. The van der Waals surface area contributed by atoms with Crippen LogP contribution in [-0.4, -0.2) is 38.6 Å². The maximum Gasteiger partial charge on any atom is 0.271 e. The number of carbonyl (C=O) groups excluding carboxylic acids is 1. The highest BCUT2D eigenvalue weighted by atomic mass is 16.5. The lowest BCUT2D eigenvalue weighted by Crippen LogP contribution is -2.24. The molecule has 0 unspecified atom stereocenters. The third kappa shape index (κ3) is 3.24. The maximum absolute atomic E-state index is 12.3. The highest BCUT2D eigenvalue weighted by Crippen LogP contribution is 2.10. The van der Waals surface area contributed by atoms with Crippen LogP contribution in [0.25, 0.3) is 5.65 Å². The number of nitrogens with one attached hydrogen (secondary N) is 1. The molecular formula is C16H19N5O2. The highest BCUT2D eigenvalue weighted by molar-refractivity contribution is 5.92. The van der Waals surface area contributed by atoms with Crippen LogP contribution in [0.4, 0.5) is 0 Å². The molecule has 0 spiro atoms. The van der Waals surface area contributed by atoms with E-state index in [1.54, 1.807) is 25.8 Å². The Morgan fingerprint density at radius 2 is 2.30 bits per heavy atom. The van der Waals surface area contributed by atoms with Crippen molar-refractivity contribution < 1.29 is 9.53 Å². The van der Waals surface area contributed by atoms with E-state index in [0.29, 0.717) is 25.4 Å². The first-order valence-electron chi connectivity index (χ1n) is 7.39. The van der Waals surface area contributed by atoms with E-state index in [9.17, 15) is 4.79 Å². The molecular weight excluding hydrogens is 294 g/mol. The molecule has 23 heavy (non-hydrogen) atoms. The number of methoxy groups -OCH3 is 1. The topological polar surface area (TPSA) is 73.5 Å². The number of ether oxygens (including phenoxy) is 1. The van der Waals surface area contributed by atoms with Crippen LogP contribution < -0.4 is 5.32 Å². The van der Waals surface area contributed by atoms with Crippen molar-refractivity contribution in [3.8, 4) is 0 Å². The number of imidazole rings is 2. The Hall–Kier alpha value is -2.67. The minimum Gasteiger partial charge on any atom is -0.383 e. The second-order valence-corrected chi connectivity index (χ2v) is 5.30. The van der Waals surface area contributed by atoms with Gasteiger partial charge in [0.2, 0.25) is 0 Å². The largest absolute Gasteiger partial charge is 0.383 e. The molecule has 0 aromatic carbocycles. The fourth-order valence-electron chi connectivity index (χ4n) is 2.41. The summed E-state index contributed by atoms with van der Waals surface area (Å²) in [6.07, 6.45) is 7.09. The predicted octanol–water partition coefficient (Wildman–Crippen LogP) is 1.42. The van der Waals surface area contributed by atoms with Gasteiger partial charge < -0.3 is 19.0 Å². The molecule has 0 fully saturated rings. The first kappa shape index (κ1) is 15.2. The molecule has 120 valence electrons. The van der Waals surface area contributed by atoms with Gasteiger partial charge in [0.05, 0.1) is 25.2 Å². The van der Waals surface area contributed by atoms with Crippen molar-refractivity contribution in [2.45, 2.75) is 20.0 Å². The van der Waals surface area contributed by atoms with Gasteiger partial charge in [0.1, 0.15) is 11.3 Å². The summed E-state index contributed by atoms with van der Waals surface area (Å²) in [5.41, 5.74) is 3.16. The monoisotopic (exact) mass is 313 g/mol. The SMILES string of the molecule is COCCn1cncc1CNC(=O)c1cn2cccc(C)c2n1. The molecule has 0 saturated heterocycles. The van der Waals surface area contributed by atoms with Crippen molar-refractivity contribution >= 4 is 11.6 Å². The summed E-state index contributed by atoms with van der Waals surface area (Å²) in [7, 11) is 1.66. The number of hydrogen-bond donors (Lipinski definition) is 1. The standard InChI is InChI=1S/C16H19N5O2/c1-12-4-3-5-20-10-14(19-15(12)20)16(22)18-9-13-8-17-11-21(13)6-7-23-2/h3-5,8,10-11H,6-7,9H2,1-2H3,(H,18,22). The maximum atomic E-state index is 12.3. The second-order valence-electron chi connectivity index (χ2n) is 5.30. The fourth-order valence-corrected chi connectivity index (χ4v) is 2.41. The molecule has 3 aromatic rings. The van der Waals surface area contributed by atoms with Crippen molar-refractivity contribution in [2.24, 2.45) is 0 Å². The van der Waals surface area contributed by atoms with Crippen molar-refractivity contribution in [1.29, 1.82) is 0 Å². The zero-order valence-electron chi connectivity index (χ0n) is 13.2. The molecule has 7 heteroatoms. The lowest BCUT2D eigenvalue weighted by Gasteiger charge is -2.08. The molecule has 7 nitrogen and oxygen atoms in total. The second kappa shape index (κ2) is 6.62. The summed E-state index contributed by atoms with van der Waals surface area (Å²) in [4.78, 5) is 20.8. The van der Waals surface area contributed by atoms with E-state index in [0.717, 1.165) is 16.9 Å². The van der Waals surface area contributed by atoms with E-state index >= 15 is 0 Å². The lowest BCUT2D eigenvalue weighted by atomic mass is 10.3. The van der Waals surface area contributed by atoms with E-state index in [2.05, 4.69) is 15.3 Å². The number of fused-ring (bicyclic) bond motifs is 1. The minimum absolute atomic E-state index is 0.201.